The molecular formula is C23H13Cl3F4N4O5. The number of nitro benzene ring substituents is 1. The zero-order valence-corrected chi connectivity index (χ0v) is 21.3. The van der Waals surface area contributed by atoms with E-state index in [1.807, 2.05) is 0 Å². The van der Waals surface area contributed by atoms with Crippen LogP contribution < -0.4 is 10.1 Å². The number of ether oxygens (including phenoxy) is 1. The normalized spacial score (nSPS) is 11.3. The zero-order chi connectivity index (χ0) is 28.4. The number of carbonyl (C=O) groups excluding carboxylic acids is 1. The average Bonchev–Trinajstić information content (AvgIpc) is 3.45. The van der Waals surface area contributed by atoms with Crippen molar-refractivity contribution >= 4 is 52.1 Å². The van der Waals surface area contributed by atoms with E-state index < -0.39 is 52.3 Å². The van der Waals surface area contributed by atoms with Gasteiger partial charge in [0.15, 0.2) is 5.76 Å². The van der Waals surface area contributed by atoms with Gasteiger partial charge in [0.2, 0.25) is 0 Å². The summed E-state index contributed by atoms with van der Waals surface area (Å²) in [6.07, 6.45) is -6.39. The van der Waals surface area contributed by atoms with E-state index >= 15 is 0 Å². The van der Waals surface area contributed by atoms with Crippen LogP contribution in [0.2, 0.25) is 15.1 Å². The third-order valence-electron chi connectivity index (χ3n) is 5.04. The van der Waals surface area contributed by atoms with Gasteiger partial charge in [0.05, 0.1) is 33.3 Å². The SMILES string of the molecule is O=C(Nc1cc(Oc2ccc(Cl)cc2Cl)cc([N+](=O)[O-])c1)c1ccc(Cn2nc(C(F)F)c(Cl)c2C(F)F)o1. The third kappa shape index (κ3) is 6.44. The monoisotopic (exact) mass is 606 g/mol. The lowest BCUT2D eigenvalue weighted by atomic mass is 10.2. The Morgan fingerprint density at radius 2 is 1.82 bits per heavy atom. The fraction of sp³-hybridized carbons (Fsp3) is 0.130. The Balaban J connectivity index is 1.55. The number of hydrogen-bond donors (Lipinski definition) is 1. The van der Waals surface area contributed by atoms with E-state index in [2.05, 4.69) is 10.4 Å². The van der Waals surface area contributed by atoms with Crippen LogP contribution in [0.4, 0.5) is 28.9 Å². The van der Waals surface area contributed by atoms with Crippen LogP contribution in [0.15, 0.2) is 52.9 Å². The van der Waals surface area contributed by atoms with Crippen LogP contribution in [-0.2, 0) is 6.54 Å². The zero-order valence-electron chi connectivity index (χ0n) is 19.0. The number of carbonyl (C=O) groups is 1. The standard InChI is InChI=1S/C23H13Cl3F4N4O5/c24-10-1-3-16(15(25)5-10)39-14-7-11(6-12(8-14)34(36)37)31-23(35)17-4-2-13(38-17)9-33-20(22(29)30)18(26)19(32-33)21(27)28/h1-8,21-22H,9H2,(H,31,35). The largest absolute Gasteiger partial charge is 0.455 e. The second-order valence-electron chi connectivity index (χ2n) is 7.71. The average molecular weight is 608 g/mol. The molecule has 9 nitrogen and oxygen atoms in total. The molecule has 0 aliphatic carbocycles. The highest BCUT2D eigenvalue weighted by Crippen LogP contribution is 2.36. The van der Waals surface area contributed by atoms with Gasteiger partial charge in [-0.15, -0.1) is 0 Å². The maximum Gasteiger partial charge on any atom is 0.291 e. The molecule has 39 heavy (non-hydrogen) atoms. The van der Waals surface area contributed by atoms with E-state index in [1.54, 1.807) is 0 Å². The molecule has 0 saturated carbocycles. The fourth-order valence-electron chi connectivity index (χ4n) is 3.37. The molecule has 16 heteroatoms. The summed E-state index contributed by atoms with van der Waals surface area (Å²) in [6, 6.07) is 10.2. The summed E-state index contributed by atoms with van der Waals surface area (Å²) in [5, 5.41) is 16.8. The molecule has 0 fully saturated rings. The fourth-order valence-corrected chi connectivity index (χ4v) is 4.12. The highest BCUT2D eigenvalue weighted by atomic mass is 35.5. The Bertz CT molecular complexity index is 1560. The van der Waals surface area contributed by atoms with Crippen LogP contribution in [0.1, 0.15) is 40.6 Å². The van der Waals surface area contributed by atoms with Gasteiger partial charge in [-0.3, -0.25) is 19.6 Å². The second kappa shape index (κ2) is 11.5. The Labute approximate surface area is 231 Å². The van der Waals surface area contributed by atoms with E-state index in [0.29, 0.717) is 9.70 Å². The first-order valence-corrected chi connectivity index (χ1v) is 11.7. The summed E-state index contributed by atoms with van der Waals surface area (Å²) < 4.78 is 64.4. The summed E-state index contributed by atoms with van der Waals surface area (Å²) >= 11 is 17.6. The highest BCUT2D eigenvalue weighted by Gasteiger charge is 2.28. The number of non-ortho nitro benzene ring substituents is 1. The molecule has 0 spiro atoms. The summed E-state index contributed by atoms with van der Waals surface area (Å²) in [7, 11) is 0. The number of rotatable bonds is 9. The molecule has 4 aromatic rings. The second-order valence-corrected chi connectivity index (χ2v) is 8.93. The van der Waals surface area contributed by atoms with Gasteiger partial charge in [0.1, 0.15) is 28.6 Å². The Morgan fingerprint density at radius 3 is 2.46 bits per heavy atom. The lowest BCUT2D eigenvalue weighted by Crippen LogP contribution is -2.11. The summed E-state index contributed by atoms with van der Waals surface area (Å²) in [4.78, 5) is 23.4. The van der Waals surface area contributed by atoms with E-state index in [0.717, 1.165) is 12.1 Å². The Morgan fingerprint density at radius 1 is 1.08 bits per heavy atom. The van der Waals surface area contributed by atoms with Gasteiger partial charge in [0.25, 0.3) is 24.4 Å². The highest BCUT2D eigenvalue weighted by molar-refractivity contribution is 6.35. The van der Waals surface area contributed by atoms with Crippen molar-refractivity contribution in [3.05, 3.63) is 96.6 Å². The van der Waals surface area contributed by atoms with Crippen molar-refractivity contribution < 1.29 is 36.4 Å². The van der Waals surface area contributed by atoms with E-state index in [1.165, 1.54) is 36.4 Å². The van der Waals surface area contributed by atoms with Crippen LogP contribution in [0.5, 0.6) is 11.5 Å². The van der Waals surface area contributed by atoms with Crippen LogP contribution in [0, 0.1) is 10.1 Å². The first kappa shape index (κ1) is 28.2. The molecule has 0 aliphatic rings. The maximum absolute atomic E-state index is 13.4. The number of anilines is 1. The van der Waals surface area contributed by atoms with Gasteiger partial charge in [-0.25, -0.2) is 17.6 Å². The molecular weight excluding hydrogens is 595 g/mol. The number of benzene rings is 2. The van der Waals surface area contributed by atoms with Gasteiger partial charge in [-0.05, 0) is 30.3 Å². The minimum absolute atomic E-state index is 0.0335. The van der Waals surface area contributed by atoms with Crippen molar-refractivity contribution in [2.45, 2.75) is 19.4 Å². The van der Waals surface area contributed by atoms with Crippen molar-refractivity contribution in [3.8, 4) is 11.5 Å². The summed E-state index contributed by atoms with van der Waals surface area (Å²) in [5.74, 6) is -1.15. The predicted molar refractivity (Wildman–Crippen MR) is 133 cm³/mol. The van der Waals surface area contributed by atoms with Gasteiger partial charge >= 0.3 is 0 Å². The lowest BCUT2D eigenvalue weighted by molar-refractivity contribution is -0.384. The topological polar surface area (TPSA) is 112 Å². The van der Waals surface area contributed by atoms with Crippen molar-refractivity contribution in [2.24, 2.45) is 0 Å². The Hall–Kier alpha value is -3.81. The van der Waals surface area contributed by atoms with Gasteiger partial charge < -0.3 is 14.5 Å². The minimum atomic E-state index is -3.21. The summed E-state index contributed by atoms with van der Waals surface area (Å²) in [5.41, 5.74) is -2.41. The molecule has 2 aromatic carbocycles. The van der Waals surface area contributed by atoms with Gasteiger partial charge in [0, 0.05) is 17.2 Å². The number of nitrogens with zero attached hydrogens (tertiary/aromatic N) is 3. The van der Waals surface area contributed by atoms with Crippen molar-refractivity contribution in [3.63, 3.8) is 0 Å². The maximum atomic E-state index is 13.4. The molecule has 1 amide bonds. The molecule has 0 aliphatic heterocycles. The lowest BCUT2D eigenvalue weighted by Gasteiger charge is -2.10. The Kier molecular flexibility index (Phi) is 8.33. The number of hydrogen-bond acceptors (Lipinski definition) is 6. The molecule has 2 aromatic heterocycles. The van der Waals surface area contributed by atoms with E-state index in [-0.39, 0.29) is 33.7 Å². The van der Waals surface area contributed by atoms with Crippen LogP contribution in [0.25, 0.3) is 0 Å². The molecule has 0 saturated heterocycles. The van der Waals surface area contributed by atoms with Crippen LogP contribution >= 0.6 is 34.8 Å². The smallest absolute Gasteiger partial charge is 0.291 e. The molecule has 1 N–H and O–H groups in total. The molecule has 0 atom stereocenters. The number of nitrogens with one attached hydrogen (secondary N) is 1. The van der Waals surface area contributed by atoms with Crippen molar-refractivity contribution in [1.29, 1.82) is 0 Å². The van der Waals surface area contributed by atoms with Crippen LogP contribution in [0.3, 0.4) is 0 Å². The molecule has 0 radical (unpaired) electrons. The first-order chi connectivity index (χ1) is 18.4. The molecule has 2 heterocycles. The third-order valence-corrected chi connectivity index (χ3v) is 5.96. The number of aromatic nitrogens is 2. The minimum Gasteiger partial charge on any atom is -0.455 e. The number of amides is 1. The molecule has 0 bridgehead atoms. The quantitative estimate of drug-likeness (QED) is 0.116. The molecule has 0 unspecified atom stereocenters. The van der Waals surface area contributed by atoms with Gasteiger partial charge in [-0.2, -0.15) is 5.10 Å². The number of alkyl halides is 4. The summed E-state index contributed by atoms with van der Waals surface area (Å²) in [6.45, 7) is -0.532. The predicted octanol–water partition coefficient (Wildman–Crippen LogP) is 8.31. The molecule has 204 valence electrons. The number of nitro groups is 1. The van der Waals surface area contributed by atoms with Gasteiger partial charge in [-0.1, -0.05) is 34.8 Å². The first-order valence-electron chi connectivity index (χ1n) is 10.6. The van der Waals surface area contributed by atoms with E-state index in [9.17, 15) is 32.5 Å². The van der Waals surface area contributed by atoms with Crippen molar-refractivity contribution in [1.82, 2.24) is 9.78 Å². The van der Waals surface area contributed by atoms with E-state index in [4.69, 9.17) is 44.0 Å². The van der Waals surface area contributed by atoms with Crippen molar-refractivity contribution in [2.75, 3.05) is 5.32 Å². The molecule has 4 rings (SSSR count). The number of halogens is 7. The number of furan rings is 1. The van der Waals surface area contributed by atoms with Crippen LogP contribution in [-0.4, -0.2) is 20.6 Å².